The molecule has 0 spiro atoms. The number of amides is 1. The Balaban J connectivity index is 2.68. The fourth-order valence-electron chi connectivity index (χ4n) is 1.41. The Labute approximate surface area is 90.8 Å². The van der Waals surface area contributed by atoms with Crippen LogP contribution in [0.25, 0.3) is 6.08 Å². The first kappa shape index (κ1) is 11.5. The van der Waals surface area contributed by atoms with Gasteiger partial charge in [0.15, 0.2) is 0 Å². The van der Waals surface area contributed by atoms with Crippen molar-refractivity contribution in [1.82, 2.24) is 0 Å². The third kappa shape index (κ3) is 4.45. The highest BCUT2D eigenvalue weighted by Crippen LogP contribution is 2.10. The van der Waals surface area contributed by atoms with Crippen LogP contribution in [0.3, 0.4) is 0 Å². The first-order valence-corrected chi connectivity index (χ1v) is 5.14. The van der Waals surface area contributed by atoms with Crippen LogP contribution in [0.2, 0.25) is 0 Å². The molecule has 0 aliphatic rings. The van der Waals surface area contributed by atoms with E-state index in [-0.39, 0.29) is 0 Å². The molecular weight excluding hydrogens is 186 g/mol. The maximum atomic E-state index is 10.5. The molecule has 0 aromatic heterocycles. The second-order valence-electron chi connectivity index (χ2n) is 4.08. The van der Waals surface area contributed by atoms with Gasteiger partial charge in [-0.3, -0.25) is 4.79 Å². The first-order valence-electron chi connectivity index (χ1n) is 5.14. The van der Waals surface area contributed by atoms with Crippen LogP contribution in [0, 0.1) is 5.92 Å². The predicted octanol–water partition coefficient (Wildman–Crippen LogP) is 2.38. The summed E-state index contributed by atoms with van der Waals surface area (Å²) in [5, 5.41) is 0. The minimum atomic E-state index is -0.416. The summed E-state index contributed by atoms with van der Waals surface area (Å²) in [6.07, 6.45) is 4.18. The van der Waals surface area contributed by atoms with Crippen LogP contribution in [0.4, 0.5) is 0 Å². The first-order chi connectivity index (χ1) is 7.08. The van der Waals surface area contributed by atoms with Crippen LogP contribution < -0.4 is 5.73 Å². The van der Waals surface area contributed by atoms with Gasteiger partial charge in [0.25, 0.3) is 0 Å². The highest BCUT2D eigenvalue weighted by Gasteiger charge is 1.96. The van der Waals surface area contributed by atoms with E-state index in [0.29, 0.717) is 5.92 Å². The number of hydrogen-bond acceptors (Lipinski definition) is 1. The molecule has 0 atom stereocenters. The molecule has 1 aromatic rings. The topological polar surface area (TPSA) is 43.1 Å². The van der Waals surface area contributed by atoms with Crippen molar-refractivity contribution in [3.63, 3.8) is 0 Å². The number of carbonyl (C=O) groups is 1. The third-order valence-electron chi connectivity index (χ3n) is 2.06. The van der Waals surface area contributed by atoms with Crippen molar-refractivity contribution >= 4 is 12.0 Å². The van der Waals surface area contributed by atoms with Crippen LogP contribution in [0.1, 0.15) is 25.0 Å². The number of nitrogens with two attached hydrogens (primary N) is 1. The van der Waals surface area contributed by atoms with E-state index in [9.17, 15) is 4.79 Å². The predicted molar refractivity (Wildman–Crippen MR) is 63.2 cm³/mol. The van der Waals surface area contributed by atoms with E-state index in [0.717, 1.165) is 12.0 Å². The fourth-order valence-corrected chi connectivity index (χ4v) is 1.41. The van der Waals surface area contributed by atoms with Crippen LogP contribution in [0.5, 0.6) is 0 Å². The maximum absolute atomic E-state index is 10.5. The number of benzene rings is 1. The summed E-state index contributed by atoms with van der Waals surface area (Å²) in [4.78, 5) is 10.5. The van der Waals surface area contributed by atoms with Gasteiger partial charge in [-0.05, 0) is 29.5 Å². The number of hydrogen-bond donors (Lipinski definition) is 1. The average molecular weight is 203 g/mol. The third-order valence-corrected chi connectivity index (χ3v) is 2.06. The zero-order chi connectivity index (χ0) is 11.3. The van der Waals surface area contributed by atoms with E-state index in [1.807, 2.05) is 12.1 Å². The van der Waals surface area contributed by atoms with Crippen LogP contribution in [-0.4, -0.2) is 5.91 Å². The van der Waals surface area contributed by atoms with Crippen molar-refractivity contribution < 1.29 is 4.79 Å². The maximum Gasteiger partial charge on any atom is 0.241 e. The lowest BCUT2D eigenvalue weighted by molar-refractivity contribution is -0.113. The average Bonchev–Trinajstić information content (AvgIpc) is 2.16. The molecule has 0 aliphatic heterocycles. The number of carbonyl (C=O) groups excluding carboxylic acids is 1. The second-order valence-corrected chi connectivity index (χ2v) is 4.08. The van der Waals surface area contributed by atoms with E-state index in [1.54, 1.807) is 6.08 Å². The SMILES string of the molecule is CC(C)Cc1ccc(/C=C\C(N)=O)cc1. The van der Waals surface area contributed by atoms with Crippen molar-refractivity contribution in [2.45, 2.75) is 20.3 Å². The second kappa shape index (κ2) is 5.35. The van der Waals surface area contributed by atoms with Gasteiger partial charge in [-0.1, -0.05) is 38.1 Å². The molecule has 2 heteroatoms. The van der Waals surface area contributed by atoms with Crippen LogP contribution in [0.15, 0.2) is 30.3 Å². The zero-order valence-electron chi connectivity index (χ0n) is 9.23. The van der Waals surface area contributed by atoms with E-state index < -0.39 is 5.91 Å². The Kier molecular flexibility index (Phi) is 4.10. The summed E-state index contributed by atoms with van der Waals surface area (Å²) >= 11 is 0. The lowest BCUT2D eigenvalue weighted by Crippen LogP contribution is -2.05. The Hall–Kier alpha value is -1.57. The highest BCUT2D eigenvalue weighted by molar-refractivity contribution is 5.90. The fraction of sp³-hybridized carbons (Fsp3) is 0.308. The number of primary amides is 1. The lowest BCUT2D eigenvalue weighted by atomic mass is 10.0. The van der Waals surface area contributed by atoms with Gasteiger partial charge in [0.05, 0.1) is 0 Å². The Morgan fingerprint density at radius 3 is 2.40 bits per heavy atom. The van der Waals surface area contributed by atoms with Gasteiger partial charge in [-0.15, -0.1) is 0 Å². The monoisotopic (exact) mass is 203 g/mol. The van der Waals surface area contributed by atoms with Gasteiger partial charge in [-0.25, -0.2) is 0 Å². The highest BCUT2D eigenvalue weighted by atomic mass is 16.1. The van der Waals surface area contributed by atoms with Gasteiger partial charge in [-0.2, -0.15) is 0 Å². The molecule has 15 heavy (non-hydrogen) atoms. The Morgan fingerprint density at radius 1 is 1.33 bits per heavy atom. The standard InChI is InChI=1S/C13H17NO/c1-10(2)9-12-5-3-11(4-6-12)7-8-13(14)15/h3-8,10H,9H2,1-2H3,(H2,14,15)/b8-7-. The van der Waals surface area contributed by atoms with Crippen molar-refractivity contribution in [3.8, 4) is 0 Å². The quantitative estimate of drug-likeness (QED) is 0.750. The molecule has 0 aliphatic carbocycles. The van der Waals surface area contributed by atoms with Crippen LogP contribution in [-0.2, 0) is 11.2 Å². The van der Waals surface area contributed by atoms with Gasteiger partial charge >= 0.3 is 0 Å². The molecule has 0 heterocycles. The largest absolute Gasteiger partial charge is 0.366 e. The van der Waals surface area contributed by atoms with Crippen LogP contribution >= 0.6 is 0 Å². The van der Waals surface area contributed by atoms with Gasteiger partial charge in [0, 0.05) is 6.08 Å². The van der Waals surface area contributed by atoms with E-state index in [2.05, 4.69) is 26.0 Å². The molecule has 0 unspecified atom stereocenters. The smallest absolute Gasteiger partial charge is 0.241 e. The molecule has 1 amide bonds. The van der Waals surface area contributed by atoms with E-state index in [1.165, 1.54) is 11.6 Å². The summed E-state index contributed by atoms with van der Waals surface area (Å²) in [5.74, 6) is 0.248. The molecule has 2 N–H and O–H groups in total. The molecule has 0 saturated heterocycles. The molecule has 80 valence electrons. The summed E-state index contributed by atoms with van der Waals surface area (Å²) in [6.45, 7) is 4.39. The van der Waals surface area contributed by atoms with Gasteiger partial charge < -0.3 is 5.73 Å². The molecular formula is C13H17NO. The molecule has 2 nitrogen and oxygen atoms in total. The van der Waals surface area contributed by atoms with Crippen molar-refractivity contribution in [2.75, 3.05) is 0 Å². The molecule has 0 fully saturated rings. The normalized spacial score (nSPS) is 11.1. The van der Waals surface area contributed by atoms with Crippen molar-refractivity contribution in [1.29, 1.82) is 0 Å². The zero-order valence-corrected chi connectivity index (χ0v) is 9.23. The minimum Gasteiger partial charge on any atom is -0.366 e. The molecule has 1 rings (SSSR count). The summed E-state index contributed by atoms with van der Waals surface area (Å²) in [6, 6.07) is 8.16. The summed E-state index contributed by atoms with van der Waals surface area (Å²) in [5.41, 5.74) is 7.33. The van der Waals surface area contributed by atoms with Gasteiger partial charge in [0.1, 0.15) is 0 Å². The Bertz CT molecular complexity index is 349. The lowest BCUT2D eigenvalue weighted by Gasteiger charge is -2.04. The summed E-state index contributed by atoms with van der Waals surface area (Å²) < 4.78 is 0. The van der Waals surface area contributed by atoms with Crippen molar-refractivity contribution in [2.24, 2.45) is 11.7 Å². The van der Waals surface area contributed by atoms with E-state index >= 15 is 0 Å². The molecule has 0 bridgehead atoms. The number of rotatable bonds is 4. The minimum absolute atomic E-state index is 0.416. The van der Waals surface area contributed by atoms with Gasteiger partial charge in [0.2, 0.25) is 5.91 Å². The molecule has 0 saturated carbocycles. The van der Waals surface area contributed by atoms with Crippen molar-refractivity contribution in [3.05, 3.63) is 41.5 Å². The van der Waals surface area contributed by atoms with E-state index in [4.69, 9.17) is 5.73 Å². The summed E-state index contributed by atoms with van der Waals surface area (Å²) in [7, 11) is 0. The molecule has 1 aromatic carbocycles. The molecule has 0 radical (unpaired) electrons. The Morgan fingerprint density at radius 2 is 1.93 bits per heavy atom.